The fourth-order valence-corrected chi connectivity index (χ4v) is 0.871. The number of cyclic esters (lactones) is 1. The first kappa shape index (κ1) is 8.80. The first-order valence-corrected chi connectivity index (χ1v) is 3.43. The van der Waals surface area contributed by atoms with Gasteiger partial charge in [-0.2, -0.15) is 0 Å². The van der Waals surface area contributed by atoms with Crippen LogP contribution in [0.3, 0.4) is 0 Å². The Balaban J connectivity index is 3.02. The molecule has 0 aromatic heterocycles. The van der Waals surface area contributed by atoms with Crippen LogP contribution in [-0.4, -0.2) is 17.0 Å². The summed E-state index contributed by atoms with van der Waals surface area (Å²) in [4.78, 5) is 20.9. The highest BCUT2D eigenvalue weighted by molar-refractivity contribution is 6.35. The lowest BCUT2D eigenvalue weighted by Gasteiger charge is -1.93. The zero-order valence-corrected chi connectivity index (χ0v) is 6.88. The summed E-state index contributed by atoms with van der Waals surface area (Å²) in [5.74, 6) is -1.91. The lowest BCUT2D eigenvalue weighted by atomic mass is 10.3. The van der Waals surface area contributed by atoms with E-state index >= 15 is 0 Å². The van der Waals surface area contributed by atoms with Crippen LogP contribution in [0.15, 0.2) is 22.4 Å². The number of esters is 1. The number of aliphatic carboxylic acids is 1. The van der Waals surface area contributed by atoms with Gasteiger partial charge < -0.3 is 9.84 Å². The van der Waals surface area contributed by atoms with E-state index in [1.54, 1.807) is 0 Å². The molecule has 1 aliphatic rings. The van der Waals surface area contributed by atoms with E-state index in [4.69, 9.17) is 16.7 Å². The molecule has 1 N–H and O–H groups in total. The van der Waals surface area contributed by atoms with Crippen LogP contribution >= 0.6 is 11.6 Å². The fraction of sp³-hybridized carbons (Fsp3) is 0.143. The van der Waals surface area contributed by atoms with E-state index in [0.29, 0.717) is 0 Å². The minimum atomic E-state index is -1.20. The first-order chi connectivity index (χ1) is 5.52. The van der Waals surface area contributed by atoms with E-state index in [2.05, 4.69) is 4.74 Å². The van der Waals surface area contributed by atoms with E-state index in [1.807, 2.05) is 0 Å². The van der Waals surface area contributed by atoms with Gasteiger partial charge in [0.25, 0.3) is 0 Å². The average molecular weight is 189 g/mol. The van der Waals surface area contributed by atoms with E-state index in [9.17, 15) is 9.59 Å². The number of rotatable bonds is 1. The molecule has 12 heavy (non-hydrogen) atoms. The maximum absolute atomic E-state index is 10.8. The third kappa shape index (κ3) is 1.48. The molecule has 0 radical (unpaired) electrons. The van der Waals surface area contributed by atoms with Crippen molar-refractivity contribution in [1.29, 1.82) is 0 Å². The Morgan fingerprint density at radius 3 is 2.58 bits per heavy atom. The molecule has 0 saturated carbocycles. The smallest absolute Gasteiger partial charge is 0.340 e. The molecule has 5 heteroatoms. The molecule has 64 valence electrons. The highest BCUT2D eigenvalue weighted by Crippen LogP contribution is 2.28. The van der Waals surface area contributed by atoms with E-state index in [-0.39, 0.29) is 16.4 Å². The highest BCUT2D eigenvalue weighted by Gasteiger charge is 2.25. The van der Waals surface area contributed by atoms with Crippen molar-refractivity contribution in [3.63, 3.8) is 0 Å². The van der Waals surface area contributed by atoms with Gasteiger partial charge in [-0.05, 0) is 6.92 Å². The molecule has 0 aliphatic carbocycles. The number of allylic oxidation sites excluding steroid dienone is 1. The molecule has 1 aliphatic heterocycles. The number of halogens is 1. The molecule has 0 unspecified atom stereocenters. The Labute approximate surface area is 73.1 Å². The van der Waals surface area contributed by atoms with Gasteiger partial charge in [0.1, 0.15) is 0 Å². The monoisotopic (exact) mass is 188 g/mol. The number of carboxylic acid groups (broad SMARTS) is 1. The molecule has 0 amide bonds. The predicted octanol–water partition coefficient (Wildman–Crippen LogP) is 1.02. The third-order valence-corrected chi connectivity index (χ3v) is 1.78. The van der Waals surface area contributed by atoms with Crippen LogP contribution in [0.25, 0.3) is 0 Å². The molecule has 1 rings (SSSR count). The Hall–Kier alpha value is -1.29. The predicted molar refractivity (Wildman–Crippen MR) is 40.4 cm³/mol. The maximum Gasteiger partial charge on any atom is 0.340 e. The van der Waals surface area contributed by atoms with Gasteiger partial charge in [-0.1, -0.05) is 11.6 Å². The summed E-state index contributed by atoms with van der Waals surface area (Å²) in [6, 6.07) is 0. The zero-order chi connectivity index (χ0) is 9.30. The number of hydrogen-bond acceptors (Lipinski definition) is 3. The molecule has 0 atom stereocenters. The minimum absolute atomic E-state index is 0.0578. The van der Waals surface area contributed by atoms with Crippen LogP contribution in [0.2, 0.25) is 0 Å². The first-order valence-electron chi connectivity index (χ1n) is 3.06. The van der Waals surface area contributed by atoms with Crippen molar-refractivity contribution in [1.82, 2.24) is 0 Å². The number of carboxylic acids is 1. The summed E-state index contributed by atoms with van der Waals surface area (Å²) < 4.78 is 4.53. The van der Waals surface area contributed by atoms with Crippen LogP contribution < -0.4 is 0 Å². The van der Waals surface area contributed by atoms with E-state index in [1.165, 1.54) is 6.92 Å². The summed E-state index contributed by atoms with van der Waals surface area (Å²) >= 11 is 5.57. The van der Waals surface area contributed by atoms with Gasteiger partial charge in [0.2, 0.25) is 0 Å². The maximum atomic E-state index is 10.8. The SMILES string of the molecule is CC1=C(Cl)/C(=C/C(=O)O)OC1=O. The fourth-order valence-electron chi connectivity index (χ4n) is 0.701. The second-order valence-electron chi connectivity index (χ2n) is 2.18. The van der Waals surface area contributed by atoms with Gasteiger partial charge in [-0.3, -0.25) is 0 Å². The Kier molecular flexibility index (Phi) is 2.19. The molecular weight excluding hydrogens is 184 g/mol. The van der Waals surface area contributed by atoms with Crippen molar-refractivity contribution < 1.29 is 19.4 Å². The normalized spacial score (nSPS) is 20.2. The lowest BCUT2D eigenvalue weighted by Crippen LogP contribution is -1.97. The summed E-state index contributed by atoms with van der Waals surface area (Å²) in [6.07, 6.45) is 0.747. The molecule has 0 saturated heterocycles. The van der Waals surface area contributed by atoms with Gasteiger partial charge in [0.15, 0.2) is 5.76 Å². The summed E-state index contributed by atoms with van der Waals surface area (Å²) in [5, 5.41) is 8.37. The van der Waals surface area contributed by atoms with Crippen molar-refractivity contribution >= 4 is 23.5 Å². The molecular formula is C7H5ClO4. The van der Waals surface area contributed by atoms with Gasteiger partial charge in [-0.15, -0.1) is 0 Å². The molecule has 0 bridgehead atoms. The van der Waals surface area contributed by atoms with E-state index in [0.717, 1.165) is 6.08 Å². The molecule has 0 spiro atoms. The van der Waals surface area contributed by atoms with Gasteiger partial charge in [-0.25, -0.2) is 9.59 Å². The lowest BCUT2D eigenvalue weighted by molar-refractivity contribution is -0.133. The van der Waals surface area contributed by atoms with Gasteiger partial charge in [0, 0.05) is 0 Å². The summed E-state index contributed by atoms with van der Waals surface area (Å²) in [5.41, 5.74) is 0.226. The molecule has 0 aromatic carbocycles. The van der Waals surface area contributed by atoms with Crippen LogP contribution in [-0.2, 0) is 14.3 Å². The quantitative estimate of drug-likeness (QED) is 0.493. The molecule has 0 aromatic rings. The number of carbonyl (C=O) groups excluding carboxylic acids is 1. The third-order valence-electron chi connectivity index (χ3n) is 1.31. The van der Waals surface area contributed by atoms with E-state index < -0.39 is 11.9 Å². The Morgan fingerprint density at radius 1 is 1.67 bits per heavy atom. The second kappa shape index (κ2) is 2.98. The highest BCUT2D eigenvalue weighted by atomic mass is 35.5. The van der Waals surface area contributed by atoms with Crippen molar-refractivity contribution in [3.8, 4) is 0 Å². The molecule has 1 heterocycles. The van der Waals surface area contributed by atoms with Gasteiger partial charge >= 0.3 is 11.9 Å². The Morgan fingerprint density at radius 2 is 2.25 bits per heavy atom. The van der Waals surface area contributed by atoms with Gasteiger partial charge in [0.05, 0.1) is 16.7 Å². The van der Waals surface area contributed by atoms with Crippen molar-refractivity contribution in [2.75, 3.05) is 0 Å². The molecule has 4 nitrogen and oxygen atoms in total. The Bertz CT molecular complexity index is 313. The largest absolute Gasteiger partial charge is 0.478 e. The number of carbonyl (C=O) groups is 2. The van der Waals surface area contributed by atoms with Crippen LogP contribution in [0.4, 0.5) is 0 Å². The van der Waals surface area contributed by atoms with Crippen LogP contribution in [0, 0.1) is 0 Å². The zero-order valence-electron chi connectivity index (χ0n) is 6.13. The summed E-state index contributed by atoms with van der Waals surface area (Å²) in [7, 11) is 0. The minimum Gasteiger partial charge on any atom is -0.478 e. The van der Waals surface area contributed by atoms with Crippen molar-refractivity contribution in [2.24, 2.45) is 0 Å². The van der Waals surface area contributed by atoms with Crippen LogP contribution in [0.1, 0.15) is 6.92 Å². The summed E-state index contributed by atoms with van der Waals surface area (Å²) in [6.45, 7) is 1.47. The average Bonchev–Trinajstić information content (AvgIpc) is 2.17. The van der Waals surface area contributed by atoms with Crippen molar-refractivity contribution in [2.45, 2.75) is 6.92 Å². The number of hydrogen-bond donors (Lipinski definition) is 1. The standard InChI is InChI=1S/C7H5ClO4/c1-3-6(8)4(2-5(9)10)12-7(3)11/h2H,1H3,(H,9,10)/b4-2-. The van der Waals surface area contributed by atoms with Crippen LogP contribution in [0.5, 0.6) is 0 Å². The molecule has 0 fully saturated rings. The van der Waals surface area contributed by atoms with Crippen molar-refractivity contribution in [3.05, 3.63) is 22.4 Å². The topological polar surface area (TPSA) is 63.6 Å². The number of ether oxygens (including phenoxy) is 1. The second-order valence-corrected chi connectivity index (χ2v) is 2.55.